The quantitative estimate of drug-likeness (QED) is 0.620. The first-order valence-corrected chi connectivity index (χ1v) is 3.84. The Hall–Kier alpha value is -0.510. The van der Waals surface area contributed by atoms with E-state index in [2.05, 4.69) is 4.99 Å². The molecular weight excluding hydrogens is 150 g/mol. The van der Waals surface area contributed by atoms with Gasteiger partial charge in [-0.25, -0.2) is 4.79 Å². The molecule has 0 radical (unpaired) electrons. The van der Waals surface area contributed by atoms with E-state index in [0.717, 1.165) is 0 Å². The molecular formula is C6H9NO2S. The number of aliphatic imine (C=N–C) groups is 1. The number of hydrogen-bond acceptors (Lipinski definition) is 3. The lowest BCUT2D eigenvalue weighted by molar-refractivity contribution is -0.138. The first-order chi connectivity index (χ1) is 4.54. The number of carboxylic acids is 1. The Labute approximate surface area is 63.5 Å². The van der Waals surface area contributed by atoms with E-state index in [0.29, 0.717) is 0 Å². The highest BCUT2D eigenvalue weighted by molar-refractivity contribution is 8.13. The van der Waals surface area contributed by atoms with Crippen molar-refractivity contribution in [3.05, 3.63) is 0 Å². The molecule has 3 nitrogen and oxygen atoms in total. The number of carboxylic acid groups (broad SMARTS) is 1. The van der Waals surface area contributed by atoms with Gasteiger partial charge in [0.25, 0.3) is 0 Å². The van der Waals surface area contributed by atoms with Crippen molar-refractivity contribution in [2.75, 3.05) is 0 Å². The van der Waals surface area contributed by atoms with Crippen LogP contribution in [0.25, 0.3) is 0 Å². The van der Waals surface area contributed by atoms with Gasteiger partial charge in [-0.15, -0.1) is 11.8 Å². The van der Waals surface area contributed by atoms with Crippen LogP contribution in [0.3, 0.4) is 0 Å². The van der Waals surface area contributed by atoms with Gasteiger partial charge >= 0.3 is 5.97 Å². The Morgan fingerprint density at radius 2 is 2.40 bits per heavy atom. The number of rotatable bonds is 1. The molecule has 1 heterocycles. The number of aliphatic carboxylic acids is 1. The maximum atomic E-state index is 10.5. The summed E-state index contributed by atoms with van der Waals surface area (Å²) in [6.07, 6.45) is 0. The molecule has 0 saturated heterocycles. The average Bonchev–Trinajstić information content (AvgIpc) is 2.08. The predicted octanol–water partition coefficient (Wildman–Crippen LogP) is 0.993. The number of thioether (sulfide) groups is 1. The van der Waals surface area contributed by atoms with Crippen LogP contribution in [0.1, 0.15) is 13.8 Å². The van der Waals surface area contributed by atoms with E-state index >= 15 is 0 Å². The van der Waals surface area contributed by atoms with E-state index in [1.807, 2.05) is 13.8 Å². The van der Waals surface area contributed by atoms with E-state index < -0.39 is 12.0 Å². The molecule has 1 N–H and O–H groups in total. The van der Waals surface area contributed by atoms with Crippen LogP contribution < -0.4 is 0 Å². The summed E-state index contributed by atoms with van der Waals surface area (Å²) in [5.74, 6) is -0.841. The summed E-state index contributed by atoms with van der Waals surface area (Å²) in [4.78, 5) is 14.3. The third-order valence-corrected chi connectivity index (χ3v) is 2.52. The summed E-state index contributed by atoms with van der Waals surface area (Å²) in [5.41, 5.74) is 1.61. The highest BCUT2D eigenvalue weighted by Crippen LogP contribution is 2.33. The van der Waals surface area contributed by atoms with Crippen LogP contribution in [-0.2, 0) is 4.79 Å². The zero-order valence-electron chi connectivity index (χ0n) is 5.87. The third kappa shape index (κ3) is 1.16. The molecule has 1 atom stereocenters. The second-order valence-corrected chi connectivity index (χ2v) is 4.22. The fraction of sp³-hybridized carbons (Fsp3) is 0.667. The maximum Gasteiger partial charge on any atom is 0.329 e. The van der Waals surface area contributed by atoms with E-state index in [1.54, 1.807) is 5.55 Å². The van der Waals surface area contributed by atoms with Gasteiger partial charge in [0.15, 0.2) is 6.04 Å². The molecule has 10 heavy (non-hydrogen) atoms. The van der Waals surface area contributed by atoms with Crippen LogP contribution in [0, 0.1) is 0 Å². The Kier molecular flexibility index (Phi) is 1.72. The van der Waals surface area contributed by atoms with Crippen molar-refractivity contribution in [1.29, 1.82) is 0 Å². The minimum Gasteiger partial charge on any atom is -0.480 e. The fourth-order valence-electron chi connectivity index (χ4n) is 0.832. The zero-order valence-corrected chi connectivity index (χ0v) is 6.68. The maximum absolute atomic E-state index is 10.5. The third-order valence-electron chi connectivity index (χ3n) is 1.46. The second kappa shape index (κ2) is 2.27. The van der Waals surface area contributed by atoms with Crippen molar-refractivity contribution < 1.29 is 9.90 Å². The minimum atomic E-state index is -0.841. The van der Waals surface area contributed by atoms with Crippen LogP contribution in [0.5, 0.6) is 0 Å². The first kappa shape index (κ1) is 7.60. The van der Waals surface area contributed by atoms with Gasteiger partial charge in [-0.1, -0.05) is 0 Å². The van der Waals surface area contributed by atoms with Crippen molar-refractivity contribution in [3.63, 3.8) is 0 Å². The van der Waals surface area contributed by atoms with Crippen LogP contribution in [0.4, 0.5) is 0 Å². The molecule has 0 bridgehead atoms. The number of hydrogen-bond donors (Lipinski definition) is 1. The molecule has 0 spiro atoms. The molecule has 56 valence electrons. The summed E-state index contributed by atoms with van der Waals surface area (Å²) < 4.78 is -0.272. The second-order valence-electron chi connectivity index (χ2n) is 2.72. The van der Waals surface area contributed by atoms with Gasteiger partial charge in [-0.3, -0.25) is 4.99 Å². The van der Waals surface area contributed by atoms with Gasteiger partial charge < -0.3 is 5.11 Å². The molecule has 1 aliphatic heterocycles. The van der Waals surface area contributed by atoms with Crippen molar-refractivity contribution in [3.8, 4) is 0 Å². The van der Waals surface area contributed by atoms with Crippen LogP contribution in [0.2, 0.25) is 0 Å². The molecule has 4 heteroatoms. The zero-order chi connectivity index (χ0) is 7.78. The van der Waals surface area contributed by atoms with E-state index in [4.69, 9.17) is 5.11 Å². The van der Waals surface area contributed by atoms with Gasteiger partial charge in [-0.05, 0) is 13.8 Å². The Balaban J connectivity index is 2.77. The lowest BCUT2D eigenvalue weighted by Gasteiger charge is -2.19. The topological polar surface area (TPSA) is 49.7 Å². The largest absolute Gasteiger partial charge is 0.480 e. The SMILES string of the molecule is CC1(C)SC=N[C@H]1C(=O)O. The van der Waals surface area contributed by atoms with Crippen molar-refractivity contribution in [2.45, 2.75) is 24.6 Å². The van der Waals surface area contributed by atoms with Crippen LogP contribution in [-0.4, -0.2) is 27.4 Å². The summed E-state index contributed by atoms with van der Waals surface area (Å²) in [6.45, 7) is 3.76. The summed E-state index contributed by atoms with van der Waals surface area (Å²) in [6, 6.07) is -0.572. The fourth-order valence-corrected chi connectivity index (χ4v) is 1.58. The molecule has 0 saturated carbocycles. The number of nitrogens with zero attached hydrogens (tertiary/aromatic N) is 1. The van der Waals surface area contributed by atoms with Crippen molar-refractivity contribution in [1.82, 2.24) is 0 Å². The lowest BCUT2D eigenvalue weighted by Crippen LogP contribution is -2.34. The van der Waals surface area contributed by atoms with E-state index in [-0.39, 0.29) is 4.75 Å². The molecule has 0 fully saturated rings. The van der Waals surface area contributed by atoms with Gasteiger partial charge in [-0.2, -0.15) is 0 Å². The Morgan fingerprint density at radius 3 is 2.60 bits per heavy atom. The van der Waals surface area contributed by atoms with Gasteiger partial charge in [0.2, 0.25) is 0 Å². The van der Waals surface area contributed by atoms with Gasteiger partial charge in [0, 0.05) is 4.75 Å². The Bertz CT molecular complexity index is 188. The normalized spacial score (nSPS) is 28.8. The minimum absolute atomic E-state index is 0.272. The van der Waals surface area contributed by atoms with Crippen LogP contribution in [0.15, 0.2) is 4.99 Å². The molecule has 0 aliphatic carbocycles. The summed E-state index contributed by atoms with van der Waals surface area (Å²) >= 11 is 1.46. The standard InChI is InChI=1S/C6H9NO2S/c1-6(2)4(5(8)9)7-3-10-6/h3-4H,1-2H3,(H,8,9)/t4-/m0/s1. The molecule has 1 rings (SSSR count). The average molecular weight is 159 g/mol. The molecule has 0 aromatic heterocycles. The first-order valence-electron chi connectivity index (χ1n) is 2.96. The highest BCUT2D eigenvalue weighted by atomic mass is 32.2. The monoisotopic (exact) mass is 159 g/mol. The summed E-state index contributed by atoms with van der Waals surface area (Å²) in [7, 11) is 0. The predicted molar refractivity (Wildman–Crippen MR) is 41.6 cm³/mol. The summed E-state index contributed by atoms with van der Waals surface area (Å²) in [5, 5.41) is 8.62. The van der Waals surface area contributed by atoms with Crippen LogP contribution >= 0.6 is 11.8 Å². The molecule has 1 aliphatic rings. The van der Waals surface area contributed by atoms with Gasteiger partial charge in [0.1, 0.15) is 0 Å². The highest BCUT2D eigenvalue weighted by Gasteiger charge is 2.38. The lowest BCUT2D eigenvalue weighted by atomic mass is 10.1. The van der Waals surface area contributed by atoms with E-state index in [9.17, 15) is 4.79 Å². The molecule has 0 aromatic carbocycles. The van der Waals surface area contributed by atoms with Crippen molar-refractivity contribution >= 4 is 23.3 Å². The number of carbonyl (C=O) groups is 1. The molecule has 0 unspecified atom stereocenters. The van der Waals surface area contributed by atoms with Gasteiger partial charge in [0.05, 0.1) is 5.55 Å². The van der Waals surface area contributed by atoms with E-state index in [1.165, 1.54) is 11.8 Å². The molecule has 0 amide bonds. The molecule has 0 aromatic rings. The van der Waals surface area contributed by atoms with Crippen molar-refractivity contribution in [2.24, 2.45) is 4.99 Å². The Morgan fingerprint density at radius 1 is 1.80 bits per heavy atom. The smallest absolute Gasteiger partial charge is 0.329 e.